The molecule has 0 N–H and O–H groups in total. The van der Waals surface area contributed by atoms with E-state index in [0.29, 0.717) is 0 Å². The summed E-state index contributed by atoms with van der Waals surface area (Å²) in [4.78, 5) is 36.4. The molecule has 10 heteroatoms. The van der Waals surface area contributed by atoms with Gasteiger partial charge in [-0.05, 0) is 13.8 Å². The first-order valence-corrected chi connectivity index (χ1v) is 8.08. The van der Waals surface area contributed by atoms with Crippen LogP contribution in [-0.4, -0.2) is 55.1 Å². The summed E-state index contributed by atoms with van der Waals surface area (Å²) in [6.45, 7) is 3.47. The maximum atomic E-state index is 12.4. The second kappa shape index (κ2) is 9.96. The van der Waals surface area contributed by atoms with Crippen molar-refractivity contribution in [3.63, 3.8) is 0 Å². The lowest BCUT2D eigenvalue weighted by molar-refractivity contribution is -0.385. The number of methoxy groups -OCH3 is 1. The molecule has 0 aliphatic carbocycles. The quantitative estimate of drug-likeness (QED) is 0.361. The van der Waals surface area contributed by atoms with Crippen LogP contribution in [0, 0.1) is 21.4 Å². The Kier molecular flexibility index (Phi) is 8.00. The van der Waals surface area contributed by atoms with Crippen LogP contribution >= 0.6 is 0 Å². The highest BCUT2D eigenvalue weighted by Crippen LogP contribution is 2.35. The van der Waals surface area contributed by atoms with Crippen LogP contribution in [0.25, 0.3) is 0 Å². The van der Waals surface area contributed by atoms with Crippen LogP contribution in [0.3, 0.4) is 0 Å². The molecule has 0 unspecified atom stereocenters. The SMILES string of the molecule is CCOc1cc([N+](=O)[O-])c(C(=O)O[C@H](C)C(=O)N(C)CCC#N)cc1OC. The Hall–Kier alpha value is -3.35. The molecule has 1 aromatic carbocycles. The monoisotopic (exact) mass is 379 g/mol. The number of hydrogen-bond donors (Lipinski definition) is 0. The summed E-state index contributed by atoms with van der Waals surface area (Å²) in [5, 5.41) is 19.9. The first kappa shape index (κ1) is 21.7. The Bertz CT molecular complexity index is 758. The number of hydrogen-bond acceptors (Lipinski definition) is 8. The second-order valence-corrected chi connectivity index (χ2v) is 5.43. The second-order valence-electron chi connectivity index (χ2n) is 5.43. The lowest BCUT2D eigenvalue weighted by Crippen LogP contribution is -2.38. The molecule has 1 rings (SSSR count). The molecule has 27 heavy (non-hydrogen) atoms. The molecule has 0 bridgehead atoms. The lowest BCUT2D eigenvalue weighted by atomic mass is 10.1. The third-order valence-corrected chi connectivity index (χ3v) is 3.57. The van der Waals surface area contributed by atoms with Gasteiger partial charge in [0.15, 0.2) is 17.6 Å². The van der Waals surface area contributed by atoms with Crippen molar-refractivity contribution in [3.8, 4) is 17.6 Å². The maximum Gasteiger partial charge on any atom is 0.346 e. The van der Waals surface area contributed by atoms with Gasteiger partial charge in [-0.15, -0.1) is 0 Å². The maximum absolute atomic E-state index is 12.4. The molecule has 0 heterocycles. The first-order chi connectivity index (χ1) is 12.8. The minimum atomic E-state index is -1.18. The number of carbonyl (C=O) groups excluding carboxylic acids is 2. The van der Waals surface area contributed by atoms with Crippen LogP contribution in [0.2, 0.25) is 0 Å². The van der Waals surface area contributed by atoms with Crippen molar-refractivity contribution < 1.29 is 28.7 Å². The molecule has 1 aromatic rings. The number of nitrogens with zero attached hydrogens (tertiary/aromatic N) is 3. The summed E-state index contributed by atoms with van der Waals surface area (Å²) in [6.07, 6.45) is -1.05. The van der Waals surface area contributed by atoms with Gasteiger partial charge in [0.1, 0.15) is 5.56 Å². The summed E-state index contributed by atoms with van der Waals surface area (Å²) in [7, 11) is 2.79. The molecule has 0 radical (unpaired) electrons. The Morgan fingerprint density at radius 2 is 2.04 bits per heavy atom. The van der Waals surface area contributed by atoms with Crippen LogP contribution in [-0.2, 0) is 9.53 Å². The van der Waals surface area contributed by atoms with Crippen molar-refractivity contribution in [2.45, 2.75) is 26.4 Å². The molecule has 0 saturated heterocycles. The number of nitro benzene ring substituents is 1. The Morgan fingerprint density at radius 1 is 1.37 bits per heavy atom. The van der Waals surface area contributed by atoms with E-state index in [1.807, 2.05) is 6.07 Å². The van der Waals surface area contributed by atoms with Crippen molar-refractivity contribution >= 4 is 17.6 Å². The van der Waals surface area contributed by atoms with Crippen LogP contribution in [0.5, 0.6) is 11.5 Å². The largest absolute Gasteiger partial charge is 0.493 e. The lowest BCUT2D eigenvalue weighted by Gasteiger charge is -2.20. The Balaban J connectivity index is 3.10. The van der Waals surface area contributed by atoms with Crippen LogP contribution < -0.4 is 9.47 Å². The first-order valence-electron chi connectivity index (χ1n) is 8.08. The predicted octanol–water partition coefficient (Wildman–Crippen LogP) is 1.92. The summed E-state index contributed by atoms with van der Waals surface area (Å²) in [6, 6.07) is 4.12. The van der Waals surface area contributed by atoms with Gasteiger partial charge in [0, 0.05) is 19.7 Å². The molecular weight excluding hydrogens is 358 g/mol. The van der Waals surface area contributed by atoms with E-state index in [2.05, 4.69) is 0 Å². The Morgan fingerprint density at radius 3 is 2.56 bits per heavy atom. The number of likely N-dealkylation sites (N-methyl/N-ethyl adjacent to an activating group) is 1. The number of benzene rings is 1. The van der Waals surface area contributed by atoms with Gasteiger partial charge in [-0.1, -0.05) is 0 Å². The minimum absolute atomic E-state index is 0.114. The van der Waals surface area contributed by atoms with Gasteiger partial charge in [-0.3, -0.25) is 14.9 Å². The highest BCUT2D eigenvalue weighted by Gasteiger charge is 2.29. The fourth-order valence-electron chi connectivity index (χ4n) is 2.20. The smallest absolute Gasteiger partial charge is 0.346 e. The van der Waals surface area contributed by atoms with Crippen molar-refractivity contribution in [1.82, 2.24) is 4.90 Å². The van der Waals surface area contributed by atoms with Crippen LogP contribution in [0.1, 0.15) is 30.6 Å². The van der Waals surface area contributed by atoms with Gasteiger partial charge in [-0.25, -0.2) is 4.79 Å². The fraction of sp³-hybridized carbons (Fsp3) is 0.471. The zero-order valence-corrected chi connectivity index (χ0v) is 15.6. The van der Waals surface area contributed by atoms with Crippen molar-refractivity contribution in [2.24, 2.45) is 0 Å². The van der Waals surface area contributed by atoms with E-state index in [4.69, 9.17) is 19.5 Å². The molecule has 1 amide bonds. The number of ether oxygens (including phenoxy) is 3. The third kappa shape index (κ3) is 5.57. The number of nitro groups is 1. The van der Waals surface area contributed by atoms with E-state index in [9.17, 15) is 19.7 Å². The number of rotatable bonds is 9. The van der Waals surface area contributed by atoms with E-state index in [1.54, 1.807) is 6.92 Å². The molecule has 0 aliphatic heterocycles. The molecular formula is C17H21N3O7. The average molecular weight is 379 g/mol. The fourth-order valence-corrected chi connectivity index (χ4v) is 2.20. The number of esters is 1. The van der Waals surface area contributed by atoms with E-state index in [0.717, 1.165) is 12.1 Å². The van der Waals surface area contributed by atoms with Gasteiger partial charge in [0.2, 0.25) is 0 Å². The molecule has 0 aromatic heterocycles. The zero-order chi connectivity index (χ0) is 20.6. The van der Waals surface area contributed by atoms with E-state index >= 15 is 0 Å². The van der Waals surface area contributed by atoms with Gasteiger partial charge >= 0.3 is 5.97 Å². The average Bonchev–Trinajstić information content (AvgIpc) is 2.64. The Labute approximate surface area is 156 Å². The summed E-state index contributed by atoms with van der Waals surface area (Å²) in [5.41, 5.74) is -0.888. The topological polar surface area (TPSA) is 132 Å². The van der Waals surface area contributed by atoms with Crippen molar-refractivity contribution in [1.29, 1.82) is 5.26 Å². The highest BCUT2D eigenvalue weighted by atomic mass is 16.6. The van der Waals surface area contributed by atoms with E-state index in [-0.39, 0.29) is 36.6 Å². The zero-order valence-electron chi connectivity index (χ0n) is 15.6. The normalized spacial score (nSPS) is 11.1. The predicted molar refractivity (Wildman–Crippen MR) is 93.6 cm³/mol. The minimum Gasteiger partial charge on any atom is -0.493 e. The summed E-state index contributed by atoms with van der Waals surface area (Å²) >= 11 is 0. The summed E-state index contributed by atoms with van der Waals surface area (Å²) in [5.74, 6) is -1.33. The van der Waals surface area contributed by atoms with Gasteiger partial charge < -0.3 is 19.1 Å². The number of nitriles is 1. The van der Waals surface area contributed by atoms with Gasteiger partial charge in [0.25, 0.3) is 11.6 Å². The standard InChI is InChI=1S/C17H21N3O7/c1-5-26-15-10-13(20(23)24)12(9-14(15)25-4)17(22)27-11(2)16(21)19(3)8-6-7-18/h9-11H,5-6,8H2,1-4H3/t11-/m1/s1. The van der Waals surface area contributed by atoms with Crippen LogP contribution in [0.4, 0.5) is 5.69 Å². The number of amides is 1. The van der Waals surface area contributed by atoms with Crippen molar-refractivity contribution in [3.05, 3.63) is 27.8 Å². The highest BCUT2D eigenvalue weighted by molar-refractivity contribution is 5.96. The van der Waals surface area contributed by atoms with Gasteiger partial charge in [-0.2, -0.15) is 5.26 Å². The molecule has 146 valence electrons. The molecule has 0 aliphatic rings. The van der Waals surface area contributed by atoms with Crippen LogP contribution in [0.15, 0.2) is 12.1 Å². The molecule has 0 saturated carbocycles. The number of carbonyl (C=O) groups is 2. The third-order valence-electron chi connectivity index (χ3n) is 3.57. The molecule has 10 nitrogen and oxygen atoms in total. The van der Waals surface area contributed by atoms with Gasteiger partial charge in [0.05, 0.1) is 37.2 Å². The summed E-state index contributed by atoms with van der Waals surface area (Å²) < 4.78 is 15.4. The van der Waals surface area contributed by atoms with Crippen molar-refractivity contribution in [2.75, 3.05) is 27.3 Å². The molecule has 1 atom stereocenters. The molecule has 0 spiro atoms. The van der Waals surface area contributed by atoms with E-state index in [1.165, 1.54) is 26.0 Å². The van der Waals surface area contributed by atoms with E-state index < -0.39 is 28.6 Å². The molecule has 0 fully saturated rings.